The van der Waals surface area contributed by atoms with Crippen LogP contribution < -0.4 is 0 Å². The van der Waals surface area contributed by atoms with Crippen LogP contribution in [0.1, 0.15) is 41.9 Å². The molecule has 1 saturated carbocycles. The summed E-state index contributed by atoms with van der Waals surface area (Å²) in [5.74, 6) is 0. The maximum Gasteiger partial charge on any atom is 0.0954 e. The van der Waals surface area contributed by atoms with Crippen LogP contribution in [0.2, 0.25) is 0 Å². The third-order valence-corrected chi connectivity index (χ3v) is 5.51. The summed E-state index contributed by atoms with van der Waals surface area (Å²) in [7, 11) is 0. The fourth-order valence-electron chi connectivity index (χ4n) is 3.45. The van der Waals surface area contributed by atoms with Gasteiger partial charge in [0, 0.05) is 22.9 Å². The predicted octanol–water partition coefficient (Wildman–Crippen LogP) is 3.87. The standard InChI is InChI=1S/C17H21NOS/c1-13-12-20-16(18-13)11-15(19)17(9-5-6-10-17)14-7-3-2-4-8-14/h2-4,7-8,12,15,19H,5-6,9-11H2,1H3. The first-order valence-corrected chi connectivity index (χ1v) is 8.23. The van der Waals surface area contributed by atoms with E-state index < -0.39 is 0 Å². The lowest BCUT2D eigenvalue weighted by Gasteiger charge is -2.34. The number of hydrogen-bond acceptors (Lipinski definition) is 3. The summed E-state index contributed by atoms with van der Waals surface area (Å²) in [5.41, 5.74) is 2.27. The lowest BCUT2D eigenvalue weighted by Crippen LogP contribution is -2.38. The number of hydrogen-bond donors (Lipinski definition) is 1. The van der Waals surface area contributed by atoms with E-state index in [1.807, 2.05) is 13.0 Å². The molecule has 1 aliphatic carbocycles. The highest BCUT2D eigenvalue weighted by Crippen LogP contribution is 2.44. The summed E-state index contributed by atoms with van der Waals surface area (Å²) in [5, 5.41) is 14.0. The highest BCUT2D eigenvalue weighted by molar-refractivity contribution is 7.09. The molecule has 0 amide bonds. The summed E-state index contributed by atoms with van der Waals surface area (Å²) in [6.07, 6.45) is 4.93. The molecule has 1 N–H and O–H groups in total. The Morgan fingerprint density at radius 1 is 1.25 bits per heavy atom. The maximum absolute atomic E-state index is 10.9. The Morgan fingerprint density at radius 3 is 2.55 bits per heavy atom. The largest absolute Gasteiger partial charge is 0.392 e. The summed E-state index contributed by atoms with van der Waals surface area (Å²) in [6, 6.07) is 10.5. The number of aromatic nitrogens is 1. The Morgan fingerprint density at radius 2 is 1.95 bits per heavy atom. The minimum atomic E-state index is -0.335. The molecule has 0 bridgehead atoms. The topological polar surface area (TPSA) is 33.1 Å². The van der Waals surface area contributed by atoms with Crippen molar-refractivity contribution in [2.75, 3.05) is 0 Å². The van der Waals surface area contributed by atoms with Crippen LogP contribution in [0.15, 0.2) is 35.7 Å². The molecule has 3 rings (SSSR count). The van der Waals surface area contributed by atoms with Gasteiger partial charge in [0.15, 0.2) is 0 Å². The molecular weight excluding hydrogens is 266 g/mol. The van der Waals surface area contributed by atoms with Gasteiger partial charge in [0.25, 0.3) is 0 Å². The SMILES string of the molecule is Cc1csc(CC(O)C2(c3ccccc3)CCCC2)n1. The average molecular weight is 287 g/mol. The van der Waals surface area contributed by atoms with E-state index in [0.29, 0.717) is 6.42 Å². The fourth-order valence-corrected chi connectivity index (χ4v) is 4.26. The van der Waals surface area contributed by atoms with Crippen molar-refractivity contribution in [2.24, 2.45) is 0 Å². The first-order valence-electron chi connectivity index (χ1n) is 7.35. The second kappa shape index (κ2) is 5.66. The van der Waals surface area contributed by atoms with Gasteiger partial charge in [-0.1, -0.05) is 43.2 Å². The van der Waals surface area contributed by atoms with E-state index in [2.05, 4.69) is 34.6 Å². The zero-order valence-electron chi connectivity index (χ0n) is 11.9. The molecule has 106 valence electrons. The van der Waals surface area contributed by atoms with Crippen molar-refractivity contribution in [3.8, 4) is 0 Å². The number of aliphatic hydroxyl groups is 1. The maximum atomic E-state index is 10.9. The zero-order chi connectivity index (χ0) is 14.0. The van der Waals surface area contributed by atoms with Gasteiger partial charge in [-0.15, -0.1) is 11.3 Å². The molecule has 0 spiro atoms. The van der Waals surface area contributed by atoms with E-state index in [0.717, 1.165) is 23.5 Å². The summed E-state index contributed by atoms with van der Waals surface area (Å²) < 4.78 is 0. The second-order valence-electron chi connectivity index (χ2n) is 5.83. The van der Waals surface area contributed by atoms with E-state index >= 15 is 0 Å². The summed E-state index contributed by atoms with van der Waals surface area (Å²) in [4.78, 5) is 4.51. The molecular formula is C17H21NOS. The molecule has 0 saturated heterocycles. The number of aliphatic hydroxyl groups excluding tert-OH is 1. The van der Waals surface area contributed by atoms with Crippen molar-refractivity contribution in [3.63, 3.8) is 0 Å². The Balaban J connectivity index is 1.87. The third kappa shape index (κ3) is 2.52. The number of nitrogens with zero attached hydrogens (tertiary/aromatic N) is 1. The monoisotopic (exact) mass is 287 g/mol. The van der Waals surface area contributed by atoms with Crippen LogP contribution in [0, 0.1) is 6.92 Å². The van der Waals surface area contributed by atoms with Crippen molar-refractivity contribution < 1.29 is 5.11 Å². The van der Waals surface area contributed by atoms with Gasteiger partial charge in [-0.2, -0.15) is 0 Å². The number of thiazole rings is 1. The van der Waals surface area contributed by atoms with Crippen LogP contribution in [0.5, 0.6) is 0 Å². The summed E-state index contributed by atoms with van der Waals surface area (Å²) in [6.45, 7) is 2.01. The lowest BCUT2D eigenvalue weighted by atomic mass is 9.73. The fraction of sp³-hybridized carbons (Fsp3) is 0.471. The van der Waals surface area contributed by atoms with Gasteiger partial charge in [-0.05, 0) is 25.3 Å². The van der Waals surface area contributed by atoms with E-state index in [1.54, 1.807) is 11.3 Å². The van der Waals surface area contributed by atoms with Crippen LogP contribution in [0.25, 0.3) is 0 Å². The molecule has 1 heterocycles. The number of aryl methyl sites for hydroxylation is 1. The van der Waals surface area contributed by atoms with Crippen LogP contribution in [0.4, 0.5) is 0 Å². The van der Waals surface area contributed by atoms with Gasteiger partial charge < -0.3 is 5.11 Å². The molecule has 20 heavy (non-hydrogen) atoms. The van der Waals surface area contributed by atoms with Gasteiger partial charge in [0.05, 0.1) is 11.1 Å². The first-order chi connectivity index (χ1) is 9.71. The van der Waals surface area contributed by atoms with Gasteiger partial charge in [0.1, 0.15) is 0 Å². The normalized spacial score (nSPS) is 19.1. The molecule has 1 unspecified atom stereocenters. The van der Waals surface area contributed by atoms with Crippen molar-refractivity contribution in [1.29, 1.82) is 0 Å². The van der Waals surface area contributed by atoms with Crippen molar-refractivity contribution in [3.05, 3.63) is 52.0 Å². The molecule has 1 aromatic heterocycles. The van der Waals surface area contributed by atoms with Crippen molar-refractivity contribution >= 4 is 11.3 Å². The van der Waals surface area contributed by atoms with E-state index in [9.17, 15) is 5.11 Å². The van der Waals surface area contributed by atoms with E-state index in [4.69, 9.17) is 0 Å². The Bertz CT molecular complexity index is 557. The Labute approximate surface area is 124 Å². The van der Waals surface area contributed by atoms with Gasteiger partial charge >= 0.3 is 0 Å². The molecule has 0 aliphatic heterocycles. The Kier molecular flexibility index (Phi) is 3.90. The Hall–Kier alpha value is -1.19. The quantitative estimate of drug-likeness (QED) is 0.926. The molecule has 1 aliphatic rings. The second-order valence-corrected chi connectivity index (χ2v) is 6.77. The highest BCUT2D eigenvalue weighted by atomic mass is 32.1. The molecule has 1 fully saturated rings. The van der Waals surface area contributed by atoms with E-state index in [-0.39, 0.29) is 11.5 Å². The molecule has 1 aromatic carbocycles. The van der Waals surface area contributed by atoms with E-state index in [1.165, 1.54) is 18.4 Å². The predicted molar refractivity (Wildman–Crippen MR) is 83.1 cm³/mol. The minimum absolute atomic E-state index is 0.0686. The zero-order valence-corrected chi connectivity index (χ0v) is 12.7. The number of rotatable bonds is 4. The van der Waals surface area contributed by atoms with Crippen LogP contribution in [0.3, 0.4) is 0 Å². The highest BCUT2D eigenvalue weighted by Gasteiger charge is 2.42. The van der Waals surface area contributed by atoms with Gasteiger partial charge in [-0.25, -0.2) is 4.98 Å². The average Bonchev–Trinajstić information content (AvgIpc) is 3.10. The minimum Gasteiger partial charge on any atom is -0.392 e. The van der Waals surface area contributed by atoms with Gasteiger partial charge in [-0.3, -0.25) is 0 Å². The lowest BCUT2D eigenvalue weighted by molar-refractivity contribution is 0.0825. The summed E-state index contributed by atoms with van der Waals surface area (Å²) >= 11 is 1.66. The van der Waals surface area contributed by atoms with Crippen molar-refractivity contribution in [1.82, 2.24) is 4.98 Å². The smallest absolute Gasteiger partial charge is 0.0954 e. The van der Waals surface area contributed by atoms with Crippen LogP contribution in [-0.2, 0) is 11.8 Å². The first kappa shape index (κ1) is 13.8. The third-order valence-electron chi connectivity index (χ3n) is 4.52. The van der Waals surface area contributed by atoms with Crippen molar-refractivity contribution in [2.45, 2.75) is 50.5 Å². The molecule has 2 nitrogen and oxygen atoms in total. The number of benzene rings is 1. The van der Waals surface area contributed by atoms with Crippen LogP contribution >= 0.6 is 11.3 Å². The van der Waals surface area contributed by atoms with Crippen LogP contribution in [-0.4, -0.2) is 16.2 Å². The molecule has 3 heteroatoms. The molecule has 1 atom stereocenters. The van der Waals surface area contributed by atoms with Gasteiger partial charge in [0.2, 0.25) is 0 Å². The molecule has 0 radical (unpaired) electrons. The molecule has 2 aromatic rings.